The standard InChI is InChI=1S/C7H9BrN2OS/c1-2-12(11)10-7-6(8)4-3-5-9-7/h3-5H,2H2,1H3,(H,9,10). The highest BCUT2D eigenvalue weighted by Crippen LogP contribution is 2.18. The van der Waals surface area contributed by atoms with Gasteiger partial charge in [-0.3, -0.25) is 4.72 Å². The minimum atomic E-state index is -1.03. The van der Waals surface area contributed by atoms with Crippen molar-refractivity contribution in [2.45, 2.75) is 6.92 Å². The van der Waals surface area contributed by atoms with Crippen LogP contribution in [0.25, 0.3) is 0 Å². The van der Waals surface area contributed by atoms with E-state index in [9.17, 15) is 4.21 Å². The van der Waals surface area contributed by atoms with E-state index in [4.69, 9.17) is 0 Å². The largest absolute Gasteiger partial charge is 0.288 e. The van der Waals surface area contributed by atoms with Crippen LogP contribution >= 0.6 is 15.9 Å². The molecule has 1 heterocycles. The molecule has 0 aliphatic carbocycles. The normalized spacial score (nSPS) is 12.5. The Bertz CT molecular complexity index is 292. The zero-order valence-electron chi connectivity index (χ0n) is 6.58. The molecule has 1 atom stereocenters. The predicted molar refractivity (Wildman–Crippen MR) is 54.2 cm³/mol. The van der Waals surface area contributed by atoms with Gasteiger partial charge in [-0.25, -0.2) is 9.19 Å². The van der Waals surface area contributed by atoms with Gasteiger partial charge in [0.2, 0.25) is 0 Å². The summed E-state index contributed by atoms with van der Waals surface area (Å²) in [6.45, 7) is 1.85. The summed E-state index contributed by atoms with van der Waals surface area (Å²) in [5, 5.41) is 0. The molecule has 12 heavy (non-hydrogen) atoms. The van der Waals surface area contributed by atoms with Crippen LogP contribution in [-0.2, 0) is 11.0 Å². The first kappa shape index (κ1) is 9.67. The van der Waals surface area contributed by atoms with Crippen molar-refractivity contribution < 1.29 is 4.21 Å². The van der Waals surface area contributed by atoms with Crippen LogP contribution in [0.5, 0.6) is 0 Å². The summed E-state index contributed by atoms with van der Waals surface area (Å²) in [4.78, 5) is 4.02. The number of hydrogen-bond donors (Lipinski definition) is 1. The van der Waals surface area contributed by atoms with Crippen molar-refractivity contribution in [3.63, 3.8) is 0 Å². The van der Waals surface area contributed by atoms with Gasteiger partial charge in [-0.05, 0) is 28.1 Å². The number of hydrogen-bond acceptors (Lipinski definition) is 2. The summed E-state index contributed by atoms with van der Waals surface area (Å²) in [7, 11) is -1.03. The van der Waals surface area contributed by atoms with Gasteiger partial charge in [0.05, 0.1) is 4.47 Å². The maximum atomic E-state index is 11.1. The first-order valence-corrected chi connectivity index (χ1v) is 5.60. The fourth-order valence-electron chi connectivity index (χ4n) is 0.641. The summed E-state index contributed by atoms with van der Waals surface area (Å²) >= 11 is 3.29. The van der Waals surface area contributed by atoms with Gasteiger partial charge >= 0.3 is 0 Å². The van der Waals surface area contributed by atoms with Crippen LogP contribution < -0.4 is 4.72 Å². The van der Waals surface area contributed by atoms with Gasteiger partial charge in [0.25, 0.3) is 0 Å². The molecule has 0 fully saturated rings. The highest BCUT2D eigenvalue weighted by molar-refractivity contribution is 9.10. The van der Waals surface area contributed by atoms with E-state index in [0.717, 1.165) is 4.47 Å². The first-order valence-electron chi connectivity index (χ1n) is 3.49. The van der Waals surface area contributed by atoms with Crippen LogP contribution in [0, 0.1) is 0 Å². The van der Waals surface area contributed by atoms with E-state index in [1.807, 2.05) is 19.1 Å². The number of nitrogens with one attached hydrogen (secondary N) is 1. The molecule has 0 saturated heterocycles. The minimum Gasteiger partial charge on any atom is -0.288 e. The number of anilines is 1. The lowest BCUT2D eigenvalue weighted by Crippen LogP contribution is -2.07. The predicted octanol–water partition coefficient (Wildman–Crippen LogP) is 1.94. The Morgan fingerprint density at radius 2 is 2.50 bits per heavy atom. The van der Waals surface area contributed by atoms with E-state index in [0.29, 0.717) is 11.6 Å². The third-order valence-electron chi connectivity index (χ3n) is 1.23. The second-order valence-electron chi connectivity index (χ2n) is 2.07. The summed E-state index contributed by atoms with van der Waals surface area (Å²) < 4.78 is 14.7. The van der Waals surface area contributed by atoms with E-state index < -0.39 is 11.0 Å². The lowest BCUT2D eigenvalue weighted by molar-refractivity contribution is 0.687. The van der Waals surface area contributed by atoms with E-state index in [1.54, 1.807) is 6.20 Å². The Hall–Kier alpha value is -0.420. The van der Waals surface area contributed by atoms with Crippen molar-refractivity contribution in [3.05, 3.63) is 22.8 Å². The molecular weight excluding hydrogens is 240 g/mol. The van der Waals surface area contributed by atoms with Crippen molar-refractivity contribution >= 4 is 32.7 Å². The van der Waals surface area contributed by atoms with Crippen LogP contribution in [0.1, 0.15) is 6.92 Å². The Morgan fingerprint density at radius 3 is 3.08 bits per heavy atom. The van der Waals surface area contributed by atoms with E-state index >= 15 is 0 Å². The fourth-order valence-corrected chi connectivity index (χ4v) is 1.65. The monoisotopic (exact) mass is 248 g/mol. The van der Waals surface area contributed by atoms with Gasteiger partial charge in [-0.2, -0.15) is 0 Å². The quantitative estimate of drug-likeness (QED) is 0.889. The molecule has 0 saturated carbocycles. The molecule has 0 aliphatic rings. The Balaban J connectivity index is 2.75. The van der Waals surface area contributed by atoms with Crippen LogP contribution in [0.4, 0.5) is 5.82 Å². The van der Waals surface area contributed by atoms with Crippen molar-refractivity contribution in [1.82, 2.24) is 4.98 Å². The van der Waals surface area contributed by atoms with Crippen molar-refractivity contribution in [1.29, 1.82) is 0 Å². The van der Waals surface area contributed by atoms with E-state index in [2.05, 4.69) is 25.6 Å². The number of aromatic nitrogens is 1. The zero-order valence-corrected chi connectivity index (χ0v) is 8.98. The molecule has 0 spiro atoms. The second kappa shape index (κ2) is 4.57. The molecule has 0 aromatic carbocycles. The van der Waals surface area contributed by atoms with Crippen molar-refractivity contribution in [2.75, 3.05) is 10.5 Å². The molecular formula is C7H9BrN2OS. The molecule has 1 aromatic heterocycles. The van der Waals surface area contributed by atoms with Gasteiger partial charge in [-0.1, -0.05) is 6.92 Å². The van der Waals surface area contributed by atoms with Gasteiger partial charge in [0.1, 0.15) is 11.0 Å². The third-order valence-corrected chi connectivity index (χ3v) is 2.82. The molecule has 66 valence electrons. The highest BCUT2D eigenvalue weighted by Gasteiger charge is 2.01. The third kappa shape index (κ3) is 2.57. The Morgan fingerprint density at radius 1 is 1.75 bits per heavy atom. The molecule has 3 nitrogen and oxygen atoms in total. The Kier molecular flexibility index (Phi) is 3.68. The average molecular weight is 249 g/mol. The van der Waals surface area contributed by atoms with Crippen LogP contribution in [0.3, 0.4) is 0 Å². The molecule has 1 unspecified atom stereocenters. The minimum absolute atomic E-state index is 0.572. The molecule has 1 N–H and O–H groups in total. The van der Waals surface area contributed by atoms with Gasteiger partial charge in [0, 0.05) is 11.9 Å². The maximum absolute atomic E-state index is 11.1. The number of nitrogens with zero attached hydrogens (tertiary/aromatic N) is 1. The molecule has 1 aromatic rings. The summed E-state index contributed by atoms with van der Waals surface area (Å²) in [5.74, 6) is 1.20. The lowest BCUT2D eigenvalue weighted by Gasteiger charge is -2.03. The van der Waals surface area contributed by atoms with Crippen molar-refractivity contribution in [3.8, 4) is 0 Å². The van der Waals surface area contributed by atoms with Crippen LogP contribution in [-0.4, -0.2) is 14.9 Å². The maximum Gasteiger partial charge on any atom is 0.151 e. The molecule has 0 amide bonds. The summed E-state index contributed by atoms with van der Waals surface area (Å²) in [6.07, 6.45) is 1.65. The molecule has 1 rings (SSSR count). The van der Waals surface area contributed by atoms with Gasteiger partial charge < -0.3 is 0 Å². The second-order valence-corrected chi connectivity index (χ2v) is 4.40. The summed E-state index contributed by atoms with van der Waals surface area (Å²) in [6, 6.07) is 3.66. The van der Waals surface area contributed by atoms with E-state index in [-0.39, 0.29) is 0 Å². The highest BCUT2D eigenvalue weighted by atomic mass is 79.9. The smallest absolute Gasteiger partial charge is 0.151 e. The van der Waals surface area contributed by atoms with Crippen LogP contribution in [0.2, 0.25) is 0 Å². The molecule has 0 radical (unpaired) electrons. The lowest BCUT2D eigenvalue weighted by atomic mass is 10.5. The molecule has 0 bridgehead atoms. The van der Waals surface area contributed by atoms with Crippen molar-refractivity contribution in [2.24, 2.45) is 0 Å². The van der Waals surface area contributed by atoms with Gasteiger partial charge in [-0.15, -0.1) is 0 Å². The average Bonchev–Trinajstić information content (AvgIpc) is 2.09. The summed E-state index contributed by atoms with van der Waals surface area (Å²) in [5.41, 5.74) is 0. The number of halogens is 1. The van der Waals surface area contributed by atoms with Gasteiger partial charge in [0.15, 0.2) is 5.82 Å². The Labute approximate surface area is 82.3 Å². The topological polar surface area (TPSA) is 42.0 Å². The number of pyridine rings is 1. The number of rotatable bonds is 3. The zero-order chi connectivity index (χ0) is 8.97. The fraction of sp³-hybridized carbons (Fsp3) is 0.286. The van der Waals surface area contributed by atoms with Crippen LogP contribution in [0.15, 0.2) is 22.8 Å². The SMILES string of the molecule is CCS(=O)Nc1ncccc1Br. The molecule has 5 heteroatoms. The molecule has 0 aliphatic heterocycles. The first-order chi connectivity index (χ1) is 5.74. The van der Waals surface area contributed by atoms with E-state index in [1.165, 1.54) is 0 Å².